The minimum atomic E-state index is -0.329. The fourth-order valence-electron chi connectivity index (χ4n) is 3.16. The molecule has 4 aromatic carbocycles. The Labute approximate surface area is 213 Å². The molecule has 0 aliphatic carbocycles. The second kappa shape index (κ2) is 12.1. The summed E-state index contributed by atoms with van der Waals surface area (Å²) in [7, 11) is 0. The quantitative estimate of drug-likeness (QED) is 0.199. The van der Waals surface area contributed by atoms with Crippen molar-refractivity contribution in [3.63, 3.8) is 0 Å². The summed E-state index contributed by atoms with van der Waals surface area (Å²) in [4.78, 5) is 12.4. The lowest BCUT2D eigenvalue weighted by molar-refractivity contribution is 0.0955. The van der Waals surface area contributed by atoms with Gasteiger partial charge in [-0.2, -0.15) is 5.10 Å². The van der Waals surface area contributed by atoms with Crippen LogP contribution in [0.4, 0.5) is 0 Å². The second-order valence-electron chi connectivity index (χ2n) is 7.59. The standard InChI is InChI=1S/C28H22Cl2N2O3/c29-24-12-9-23(27(30)16-24)19-35-25-13-10-22(11-14-25)28(33)32-31-17-21-7-4-8-26(15-21)34-18-20-5-2-1-3-6-20/h1-17H,18-19H2,(H,32,33)/b31-17+. The maximum absolute atomic E-state index is 12.4. The second-order valence-corrected chi connectivity index (χ2v) is 8.44. The summed E-state index contributed by atoms with van der Waals surface area (Å²) < 4.78 is 11.6. The summed E-state index contributed by atoms with van der Waals surface area (Å²) in [5.41, 5.74) is 5.71. The van der Waals surface area contributed by atoms with Crippen molar-refractivity contribution in [3.05, 3.63) is 129 Å². The molecule has 0 bridgehead atoms. The van der Waals surface area contributed by atoms with Crippen molar-refractivity contribution in [1.29, 1.82) is 0 Å². The average molecular weight is 505 g/mol. The van der Waals surface area contributed by atoms with Gasteiger partial charge in [0.05, 0.1) is 6.21 Å². The van der Waals surface area contributed by atoms with E-state index in [0.29, 0.717) is 34.6 Å². The molecule has 0 aliphatic heterocycles. The van der Waals surface area contributed by atoms with Gasteiger partial charge in [-0.1, -0.05) is 71.7 Å². The Morgan fingerprint density at radius 2 is 1.57 bits per heavy atom. The predicted molar refractivity (Wildman–Crippen MR) is 140 cm³/mol. The first-order valence-corrected chi connectivity index (χ1v) is 11.6. The Morgan fingerprint density at radius 1 is 0.800 bits per heavy atom. The lowest BCUT2D eigenvalue weighted by atomic mass is 10.2. The third-order valence-electron chi connectivity index (χ3n) is 5.01. The number of amides is 1. The highest BCUT2D eigenvalue weighted by Crippen LogP contribution is 2.23. The van der Waals surface area contributed by atoms with Crippen molar-refractivity contribution in [2.45, 2.75) is 13.2 Å². The molecular formula is C28H22Cl2N2O3. The maximum atomic E-state index is 12.4. The van der Waals surface area contributed by atoms with E-state index in [-0.39, 0.29) is 5.91 Å². The molecule has 5 nitrogen and oxygen atoms in total. The van der Waals surface area contributed by atoms with Gasteiger partial charge in [-0.15, -0.1) is 0 Å². The smallest absolute Gasteiger partial charge is 0.271 e. The number of hydrazone groups is 1. The lowest BCUT2D eigenvalue weighted by Gasteiger charge is -2.09. The normalized spacial score (nSPS) is 10.8. The highest BCUT2D eigenvalue weighted by Gasteiger charge is 2.06. The van der Waals surface area contributed by atoms with Crippen LogP contribution in [0.2, 0.25) is 10.0 Å². The van der Waals surface area contributed by atoms with Gasteiger partial charge >= 0.3 is 0 Å². The molecule has 4 aromatic rings. The number of nitrogens with one attached hydrogen (secondary N) is 1. The number of ether oxygens (including phenoxy) is 2. The van der Waals surface area contributed by atoms with Crippen LogP contribution in [0, 0.1) is 0 Å². The Kier molecular flexibility index (Phi) is 8.39. The molecular weight excluding hydrogens is 483 g/mol. The fraction of sp³-hybridized carbons (Fsp3) is 0.0714. The molecule has 4 rings (SSSR count). The van der Waals surface area contributed by atoms with Crippen LogP contribution in [0.25, 0.3) is 0 Å². The molecule has 1 amide bonds. The number of carbonyl (C=O) groups excluding carboxylic acids is 1. The molecule has 0 spiro atoms. The first-order chi connectivity index (χ1) is 17.1. The van der Waals surface area contributed by atoms with E-state index in [4.69, 9.17) is 32.7 Å². The van der Waals surface area contributed by atoms with Crippen LogP contribution in [-0.4, -0.2) is 12.1 Å². The molecule has 0 aromatic heterocycles. The van der Waals surface area contributed by atoms with Gasteiger partial charge in [0.1, 0.15) is 24.7 Å². The highest BCUT2D eigenvalue weighted by atomic mass is 35.5. The molecule has 35 heavy (non-hydrogen) atoms. The summed E-state index contributed by atoms with van der Waals surface area (Å²) in [6, 6.07) is 29.4. The molecule has 0 unspecified atom stereocenters. The number of carbonyl (C=O) groups is 1. The fourth-order valence-corrected chi connectivity index (χ4v) is 3.62. The van der Waals surface area contributed by atoms with Gasteiger partial charge in [0, 0.05) is 21.2 Å². The molecule has 7 heteroatoms. The molecule has 0 saturated carbocycles. The molecule has 0 heterocycles. The maximum Gasteiger partial charge on any atom is 0.271 e. The number of hydrogen-bond donors (Lipinski definition) is 1. The van der Waals surface area contributed by atoms with Crippen LogP contribution in [0.5, 0.6) is 11.5 Å². The predicted octanol–water partition coefficient (Wildman–Crippen LogP) is 6.92. The van der Waals surface area contributed by atoms with Gasteiger partial charge in [-0.3, -0.25) is 4.79 Å². The summed E-state index contributed by atoms with van der Waals surface area (Å²) in [6.45, 7) is 0.768. The zero-order chi connectivity index (χ0) is 24.5. The van der Waals surface area contributed by atoms with Crippen LogP contribution in [-0.2, 0) is 13.2 Å². The minimum absolute atomic E-state index is 0.292. The van der Waals surface area contributed by atoms with E-state index < -0.39 is 0 Å². The van der Waals surface area contributed by atoms with E-state index in [0.717, 1.165) is 22.4 Å². The third-order valence-corrected chi connectivity index (χ3v) is 5.60. The van der Waals surface area contributed by atoms with E-state index in [1.807, 2.05) is 60.7 Å². The first kappa shape index (κ1) is 24.3. The van der Waals surface area contributed by atoms with Crippen molar-refractivity contribution in [2.75, 3.05) is 0 Å². The van der Waals surface area contributed by atoms with Crippen molar-refractivity contribution >= 4 is 35.3 Å². The van der Waals surface area contributed by atoms with Gasteiger partial charge in [0.2, 0.25) is 0 Å². The summed E-state index contributed by atoms with van der Waals surface area (Å²) in [5, 5.41) is 5.17. The van der Waals surface area contributed by atoms with Crippen LogP contribution < -0.4 is 14.9 Å². The number of halogens is 2. The monoisotopic (exact) mass is 504 g/mol. The molecule has 0 radical (unpaired) electrons. The largest absolute Gasteiger partial charge is 0.489 e. The molecule has 0 aliphatic rings. The Hall–Kier alpha value is -3.80. The number of rotatable bonds is 9. The van der Waals surface area contributed by atoms with Gasteiger partial charge in [-0.05, 0) is 59.7 Å². The van der Waals surface area contributed by atoms with E-state index >= 15 is 0 Å². The summed E-state index contributed by atoms with van der Waals surface area (Å²) >= 11 is 12.1. The van der Waals surface area contributed by atoms with E-state index in [9.17, 15) is 4.79 Å². The van der Waals surface area contributed by atoms with E-state index in [1.54, 1.807) is 42.6 Å². The third kappa shape index (κ3) is 7.34. The highest BCUT2D eigenvalue weighted by molar-refractivity contribution is 6.35. The van der Waals surface area contributed by atoms with Gasteiger partial charge < -0.3 is 9.47 Å². The Morgan fingerprint density at radius 3 is 2.34 bits per heavy atom. The van der Waals surface area contributed by atoms with Crippen LogP contribution in [0.15, 0.2) is 102 Å². The summed E-state index contributed by atoms with van der Waals surface area (Å²) in [5.74, 6) is 1.01. The van der Waals surface area contributed by atoms with E-state index in [2.05, 4.69) is 10.5 Å². The zero-order valence-corrected chi connectivity index (χ0v) is 20.2. The topological polar surface area (TPSA) is 59.9 Å². The minimum Gasteiger partial charge on any atom is -0.489 e. The first-order valence-electron chi connectivity index (χ1n) is 10.8. The number of hydrogen-bond acceptors (Lipinski definition) is 4. The molecule has 0 atom stereocenters. The molecule has 0 fully saturated rings. The molecule has 0 saturated heterocycles. The van der Waals surface area contributed by atoms with Crippen molar-refractivity contribution in [1.82, 2.24) is 5.43 Å². The Bertz CT molecular complexity index is 1310. The molecule has 176 valence electrons. The van der Waals surface area contributed by atoms with Crippen LogP contribution in [0.3, 0.4) is 0 Å². The molecule has 1 N–H and O–H groups in total. The van der Waals surface area contributed by atoms with Crippen molar-refractivity contribution in [2.24, 2.45) is 5.10 Å². The van der Waals surface area contributed by atoms with Gasteiger partial charge in [0.25, 0.3) is 5.91 Å². The lowest BCUT2D eigenvalue weighted by Crippen LogP contribution is -2.17. The summed E-state index contributed by atoms with van der Waals surface area (Å²) in [6.07, 6.45) is 1.57. The number of benzene rings is 4. The number of nitrogens with zero attached hydrogens (tertiary/aromatic N) is 1. The SMILES string of the molecule is O=C(N/N=C/c1cccc(OCc2ccccc2)c1)c1ccc(OCc2ccc(Cl)cc2Cl)cc1. The van der Waals surface area contributed by atoms with Crippen LogP contribution >= 0.6 is 23.2 Å². The zero-order valence-electron chi connectivity index (χ0n) is 18.7. The van der Waals surface area contributed by atoms with Crippen LogP contribution in [0.1, 0.15) is 27.0 Å². The van der Waals surface area contributed by atoms with E-state index in [1.165, 1.54) is 0 Å². The Balaban J connectivity index is 1.27. The van der Waals surface area contributed by atoms with Gasteiger partial charge in [0.15, 0.2) is 0 Å². The van der Waals surface area contributed by atoms with Crippen molar-refractivity contribution < 1.29 is 14.3 Å². The van der Waals surface area contributed by atoms with Gasteiger partial charge in [-0.25, -0.2) is 5.43 Å². The van der Waals surface area contributed by atoms with Crippen molar-refractivity contribution in [3.8, 4) is 11.5 Å². The average Bonchev–Trinajstić information content (AvgIpc) is 2.88.